The summed E-state index contributed by atoms with van der Waals surface area (Å²) < 4.78 is 6.44. The van der Waals surface area contributed by atoms with E-state index in [1.807, 2.05) is 56.3 Å². The summed E-state index contributed by atoms with van der Waals surface area (Å²) in [4.78, 5) is 26.3. The summed E-state index contributed by atoms with van der Waals surface area (Å²) >= 11 is 0. The molecule has 0 unspecified atom stereocenters. The summed E-state index contributed by atoms with van der Waals surface area (Å²) in [6, 6.07) is 13.6. The number of benzene rings is 1. The van der Waals surface area contributed by atoms with Gasteiger partial charge in [0.05, 0.1) is 12.6 Å². The molecular weight excluding hydrogens is 440 g/mol. The standard InChI is InChI=1S/C28H34N4O3/c1-19-7-5-6-8-24(19)23-13-25-27(30-14-23)35-26(17-31(4)16-22-9-11-29-12-10-22)20(2)15-32(28(25)34)21(3)18-33/h5-14,20-21,26,33H,15-18H2,1-4H3/t20-,21-,26+/m1/s1. The van der Waals surface area contributed by atoms with Crippen LogP contribution in [0, 0.1) is 12.8 Å². The number of aliphatic hydroxyl groups excluding tert-OH is 1. The molecule has 3 atom stereocenters. The molecule has 0 radical (unpaired) electrons. The first-order chi connectivity index (χ1) is 16.9. The number of carbonyl (C=O) groups is 1. The number of aryl methyl sites for hydroxylation is 1. The Morgan fingerprint density at radius 3 is 2.66 bits per heavy atom. The Kier molecular flexibility index (Phi) is 7.78. The molecule has 0 saturated heterocycles. The van der Waals surface area contributed by atoms with Crippen LogP contribution in [0.25, 0.3) is 11.1 Å². The van der Waals surface area contributed by atoms with Crippen molar-refractivity contribution in [3.8, 4) is 17.0 Å². The lowest BCUT2D eigenvalue weighted by Gasteiger charge is -2.37. The maximum Gasteiger partial charge on any atom is 0.259 e. The molecule has 1 aromatic carbocycles. The lowest BCUT2D eigenvalue weighted by molar-refractivity contribution is 0.0325. The minimum Gasteiger partial charge on any atom is -0.472 e. The first kappa shape index (κ1) is 24.8. The average Bonchev–Trinajstić information content (AvgIpc) is 2.86. The first-order valence-electron chi connectivity index (χ1n) is 12.1. The zero-order valence-corrected chi connectivity index (χ0v) is 20.9. The van der Waals surface area contributed by atoms with Gasteiger partial charge in [0.25, 0.3) is 5.91 Å². The van der Waals surface area contributed by atoms with Gasteiger partial charge in [-0.2, -0.15) is 0 Å². The fourth-order valence-electron chi connectivity index (χ4n) is 4.54. The number of nitrogens with zero attached hydrogens (tertiary/aromatic N) is 4. The number of ether oxygens (including phenoxy) is 1. The summed E-state index contributed by atoms with van der Waals surface area (Å²) in [5, 5.41) is 9.89. The Morgan fingerprint density at radius 2 is 1.94 bits per heavy atom. The van der Waals surface area contributed by atoms with Gasteiger partial charge in [0.2, 0.25) is 5.88 Å². The molecule has 7 nitrogen and oxygen atoms in total. The quantitative estimate of drug-likeness (QED) is 0.561. The summed E-state index contributed by atoms with van der Waals surface area (Å²) in [6.07, 6.45) is 5.19. The number of hydrogen-bond donors (Lipinski definition) is 1. The van der Waals surface area contributed by atoms with Crippen LogP contribution < -0.4 is 4.74 Å². The number of aliphatic hydroxyl groups is 1. The Hall–Kier alpha value is -3.29. The van der Waals surface area contributed by atoms with Gasteiger partial charge in [-0.05, 0) is 55.8 Å². The van der Waals surface area contributed by atoms with Crippen molar-refractivity contribution in [2.24, 2.45) is 5.92 Å². The minimum absolute atomic E-state index is 0.0406. The fraction of sp³-hybridized carbons (Fsp3) is 0.393. The van der Waals surface area contributed by atoms with Gasteiger partial charge in [-0.3, -0.25) is 14.7 Å². The van der Waals surface area contributed by atoms with Crippen molar-refractivity contribution >= 4 is 5.91 Å². The number of hydrogen-bond acceptors (Lipinski definition) is 6. The number of likely N-dealkylation sites (N-methyl/N-ethyl adjacent to an activating group) is 1. The minimum atomic E-state index is -0.312. The molecule has 35 heavy (non-hydrogen) atoms. The second-order valence-corrected chi connectivity index (χ2v) is 9.57. The molecule has 7 heteroatoms. The van der Waals surface area contributed by atoms with Crippen LogP contribution >= 0.6 is 0 Å². The molecule has 0 saturated carbocycles. The topological polar surface area (TPSA) is 78.8 Å². The molecule has 1 amide bonds. The number of pyridine rings is 2. The van der Waals surface area contributed by atoms with Crippen LogP contribution in [0.5, 0.6) is 5.88 Å². The van der Waals surface area contributed by atoms with Crippen LogP contribution in [0.3, 0.4) is 0 Å². The largest absolute Gasteiger partial charge is 0.472 e. The number of amides is 1. The highest BCUT2D eigenvalue weighted by Crippen LogP contribution is 2.31. The third-order valence-electron chi connectivity index (χ3n) is 6.67. The summed E-state index contributed by atoms with van der Waals surface area (Å²) in [6.45, 7) is 7.81. The fourth-order valence-corrected chi connectivity index (χ4v) is 4.54. The van der Waals surface area contributed by atoms with E-state index < -0.39 is 0 Å². The molecule has 0 fully saturated rings. The van der Waals surface area contributed by atoms with Gasteiger partial charge in [0.15, 0.2) is 0 Å². The molecule has 1 aliphatic rings. The summed E-state index contributed by atoms with van der Waals surface area (Å²) in [5.41, 5.74) is 4.61. The van der Waals surface area contributed by atoms with Crippen LogP contribution in [-0.2, 0) is 6.54 Å². The van der Waals surface area contributed by atoms with Crippen molar-refractivity contribution in [1.82, 2.24) is 19.8 Å². The zero-order chi connectivity index (χ0) is 24.9. The highest BCUT2D eigenvalue weighted by molar-refractivity contribution is 5.98. The van der Waals surface area contributed by atoms with E-state index in [0.717, 1.165) is 23.2 Å². The lowest BCUT2D eigenvalue weighted by atomic mass is 9.98. The second-order valence-electron chi connectivity index (χ2n) is 9.57. The van der Waals surface area contributed by atoms with Crippen molar-refractivity contribution < 1.29 is 14.6 Å². The van der Waals surface area contributed by atoms with Gasteiger partial charge in [0.1, 0.15) is 11.7 Å². The number of fused-ring (bicyclic) bond motifs is 1. The van der Waals surface area contributed by atoms with Crippen molar-refractivity contribution in [3.05, 3.63) is 77.7 Å². The number of carbonyl (C=O) groups excluding carboxylic acids is 1. The maximum absolute atomic E-state index is 13.7. The van der Waals surface area contributed by atoms with Crippen molar-refractivity contribution in [2.45, 2.75) is 39.5 Å². The predicted molar refractivity (Wildman–Crippen MR) is 136 cm³/mol. The summed E-state index contributed by atoms with van der Waals surface area (Å²) in [7, 11) is 2.06. The van der Waals surface area contributed by atoms with E-state index in [1.54, 1.807) is 23.5 Å². The monoisotopic (exact) mass is 474 g/mol. The highest BCUT2D eigenvalue weighted by Gasteiger charge is 2.34. The third kappa shape index (κ3) is 5.69. The number of aromatic nitrogens is 2. The first-order valence-corrected chi connectivity index (χ1v) is 12.1. The molecule has 0 spiro atoms. The molecule has 0 bridgehead atoms. The van der Waals surface area contributed by atoms with E-state index in [1.165, 1.54) is 5.56 Å². The Labute approximate surface area is 207 Å². The smallest absolute Gasteiger partial charge is 0.259 e. The van der Waals surface area contributed by atoms with E-state index in [0.29, 0.717) is 24.5 Å². The van der Waals surface area contributed by atoms with Crippen molar-refractivity contribution in [2.75, 3.05) is 26.7 Å². The van der Waals surface area contributed by atoms with Gasteiger partial charge in [-0.1, -0.05) is 31.2 Å². The Morgan fingerprint density at radius 1 is 1.20 bits per heavy atom. The van der Waals surface area contributed by atoms with Gasteiger partial charge < -0.3 is 14.7 Å². The van der Waals surface area contributed by atoms with Crippen LogP contribution in [0.4, 0.5) is 0 Å². The molecule has 3 aromatic rings. The van der Waals surface area contributed by atoms with E-state index in [2.05, 4.69) is 28.8 Å². The van der Waals surface area contributed by atoms with E-state index in [4.69, 9.17) is 4.74 Å². The van der Waals surface area contributed by atoms with Crippen LogP contribution in [-0.4, -0.2) is 69.7 Å². The van der Waals surface area contributed by atoms with E-state index in [9.17, 15) is 9.90 Å². The molecule has 1 aliphatic heterocycles. The zero-order valence-electron chi connectivity index (χ0n) is 20.9. The molecule has 2 aromatic heterocycles. The Bertz CT molecular complexity index is 1150. The molecule has 184 valence electrons. The highest BCUT2D eigenvalue weighted by atomic mass is 16.5. The van der Waals surface area contributed by atoms with Gasteiger partial charge in [-0.25, -0.2) is 4.98 Å². The molecule has 3 heterocycles. The molecule has 4 rings (SSSR count). The van der Waals surface area contributed by atoms with Crippen molar-refractivity contribution in [3.63, 3.8) is 0 Å². The van der Waals surface area contributed by atoms with Crippen LogP contribution in [0.15, 0.2) is 61.1 Å². The molecule has 1 N–H and O–H groups in total. The van der Waals surface area contributed by atoms with Gasteiger partial charge >= 0.3 is 0 Å². The number of rotatable bonds is 7. The van der Waals surface area contributed by atoms with Gasteiger partial charge in [0, 0.05) is 49.7 Å². The normalized spacial score (nSPS) is 19.0. The third-order valence-corrected chi connectivity index (χ3v) is 6.67. The Balaban J connectivity index is 1.67. The summed E-state index contributed by atoms with van der Waals surface area (Å²) in [5.74, 6) is 0.218. The van der Waals surface area contributed by atoms with Gasteiger partial charge in [-0.15, -0.1) is 0 Å². The molecular formula is C28H34N4O3. The van der Waals surface area contributed by atoms with E-state index in [-0.39, 0.29) is 30.6 Å². The SMILES string of the molecule is Cc1ccccc1-c1cnc2c(c1)C(=O)N([C@H](C)CO)C[C@@H](C)[C@H](CN(C)Cc1ccncc1)O2. The predicted octanol–water partition coefficient (Wildman–Crippen LogP) is 3.80. The van der Waals surface area contributed by atoms with Crippen LogP contribution in [0.1, 0.15) is 35.3 Å². The average molecular weight is 475 g/mol. The molecule has 0 aliphatic carbocycles. The maximum atomic E-state index is 13.7. The van der Waals surface area contributed by atoms with Crippen LogP contribution in [0.2, 0.25) is 0 Å². The second kappa shape index (κ2) is 11.0. The van der Waals surface area contributed by atoms with E-state index >= 15 is 0 Å². The van der Waals surface area contributed by atoms with Crippen molar-refractivity contribution in [1.29, 1.82) is 0 Å². The lowest BCUT2D eigenvalue weighted by Crippen LogP contribution is -2.49.